The Morgan fingerprint density at radius 3 is 2.46 bits per heavy atom. The monoisotopic (exact) mass is 688 g/mol. The molecule has 236 valence electrons. The molecule has 0 aliphatic rings. The molecule has 0 aliphatic carbocycles. The SMILES string of the molecule is COc1cc(/C=N/NC(=O)c2ccc(COc3ccc(-n4c(C)ccc4C)cc3)o2)cc(Br)c1OCC(=O)Nc1cccc(F)c1. The molecule has 0 radical (unpaired) electrons. The van der Waals surface area contributed by atoms with Crippen molar-refractivity contribution in [2.75, 3.05) is 19.0 Å². The van der Waals surface area contributed by atoms with Crippen molar-refractivity contribution in [3.05, 3.63) is 124 Å². The number of carbonyl (C=O) groups excluding carboxylic acids is 2. The van der Waals surface area contributed by atoms with Crippen molar-refractivity contribution in [3.8, 4) is 22.9 Å². The molecule has 0 fully saturated rings. The van der Waals surface area contributed by atoms with Crippen molar-refractivity contribution in [1.29, 1.82) is 0 Å². The summed E-state index contributed by atoms with van der Waals surface area (Å²) in [4.78, 5) is 24.9. The highest BCUT2D eigenvalue weighted by atomic mass is 79.9. The molecule has 0 saturated carbocycles. The number of hydrazone groups is 1. The molecule has 0 atom stereocenters. The Kier molecular flexibility index (Phi) is 10.2. The number of ether oxygens (including phenoxy) is 3. The number of benzene rings is 3. The number of furan rings is 1. The van der Waals surface area contributed by atoms with Crippen LogP contribution in [-0.2, 0) is 11.4 Å². The number of rotatable bonds is 12. The second-order valence-corrected chi connectivity index (χ2v) is 10.9. The predicted octanol–water partition coefficient (Wildman–Crippen LogP) is 6.96. The minimum Gasteiger partial charge on any atom is -0.493 e. The molecule has 5 aromatic rings. The van der Waals surface area contributed by atoms with Crippen LogP contribution >= 0.6 is 15.9 Å². The number of aryl methyl sites for hydroxylation is 2. The quantitative estimate of drug-likeness (QED) is 0.108. The fraction of sp³-hybridized carbons (Fsp3) is 0.147. The first-order chi connectivity index (χ1) is 22.2. The predicted molar refractivity (Wildman–Crippen MR) is 175 cm³/mol. The molecule has 3 aromatic carbocycles. The van der Waals surface area contributed by atoms with Gasteiger partial charge < -0.3 is 28.5 Å². The maximum absolute atomic E-state index is 13.4. The fourth-order valence-electron chi connectivity index (χ4n) is 4.58. The van der Waals surface area contributed by atoms with Crippen molar-refractivity contribution in [2.45, 2.75) is 20.5 Å². The molecular formula is C34H30BrFN4O6. The zero-order valence-corrected chi connectivity index (χ0v) is 26.8. The number of nitrogens with zero attached hydrogens (tertiary/aromatic N) is 2. The van der Waals surface area contributed by atoms with Crippen LogP contribution in [0.25, 0.3) is 5.69 Å². The first-order valence-electron chi connectivity index (χ1n) is 14.1. The van der Waals surface area contributed by atoms with Gasteiger partial charge in [0.15, 0.2) is 23.9 Å². The highest BCUT2D eigenvalue weighted by Crippen LogP contribution is 2.36. The van der Waals surface area contributed by atoms with Crippen LogP contribution in [0.4, 0.5) is 10.1 Å². The summed E-state index contributed by atoms with van der Waals surface area (Å²) in [5, 5.41) is 6.57. The Morgan fingerprint density at radius 2 is 1.74 bits per heavy atom. The van der Waals surface area contributed by atoms with Crippen molar-refractivity contribution in [3.63, 3.8) is 0 Å². The molecule has 2 amide bonds. The largest absolute Gasteiger partial charge is 0.493 e. The fourth-order valence-corrected chi connectivity index (χ4v) is 5.15. The van der Waals surface area contributed by atoms with Gasteiger partial charge in [-0.3, -0.25) is 9.59 Å². The Hall–Kier alpha value is -5.36. The molecular weight excluding hydrogens is 659 g/mol. The standard InChI is InChI=1S/C34H30BrFN4O6/c1-21-7-8-22(2)40(21)26-9-11-27(12-10-26)44-19-28-13-14-30(46-28)34(42)39-37-18-23-15-29(35)33(31(16-23)43-3)45-20-32(41)38-25-6-4-5-24(36)17-25/h4-18H,19-20H2,1-3H3,(H,38,41)(H,39,42)/b37-18+. The van der Waals surface area contributed by atoms with Crippen LogP contribution in [0.1, 0.15) is 33.3 Å². The van der Waals surface area contributed by atoms with E-state index in [0.29, 0.717) is 33.0 Å². The van der Waals surface area contributed by atoms with E-state index in [-0.39, 0.29) is 24.7 Å². The minimum absolute atomic E-state index is 0.0729. The third-order valence-electron chi connectivity index (χ3n) is 6.72. The third-order valence-corrected chi connectivity index (χ3v) is 7.31. The van der Waals surface area contributed by atoms with Gasteiger partial charge in [0.2, 0.25) is 0 Å². The molecule has 46 heavy (non-hydrogen) atoms. The Balaban J connectivity index is 1.12. The second-order valence-electron chi connectivity index (χ2n) is 10.1. The number of amides is 2. The topological polar surface area (TPSA) is 116 Å². The number of hydrogen-bond acceptors (Lipinski definition) is 7. The molecule has 5 rings (SSSR count). The van der Waals surface area contributed by atoms with Gasteiger partial charge in [-0.2, -0.15) is 5.10 Å². The van der Waals surface area contributed by atoms with E-state index in [1.54, 1.807) is 30.3 Å². The van der Waals surface area contributed by atoms with E-state index in [1.165, 1.54) is 31.5 Å². The van der Waals surface area contributed by atoms with Gasteiger partial charge in [0, 0.05) is 22.8 Å². The van der Waals surface area contributed by atoms with Crippen LogP contribution in [0, 0.1) is 19.7 Å². The van der Waals surface area contributed by atoms with Crippen LogP contribution in [0.3, 0.4) is 0 Å². The van der Waals surface area contributed by atoms with E-state index in [0.717, 1.165) is 17.1 Å². The smallest absolute Gasteiger partial charge is 0.307 e. The Labute approximate surface area is 272 Å². The minimum atomic E-state index is -0.542. The second kappa shape index (κ2) is 14.6. The number of methoxy groups -OCH3 is 1. The molecule has 10 nitrogen and oxygen atoms in total. The zero-order chi connectivity index (χ0) is 32.6. The molecule has 0 bridgehead atoms. The summed E-state index contributed by atoms with van der Waals surface area (Å²) >= 11 is 3.41. The van der Waals surface area contributed by atoms with E-state index in [4.69, 9.17) is 18.6 Å². The number of aromatic nitrogens is 1. The van der Waals surface area contributed by atoms with Crippen LogP contribution < -0.4 is 25.0 Å². The third kappa shape index (κ3) is 8.02. The molecule has 2 heterocycles. The average Bonchev–Trinajstić information content (AvgIpc) is 3.65. The van der Waals surface area contributed by atoms with Crippen LogP contribution in [0.2, 0.25) is 0 Å². The summed E-state index contributed by atoms with van der Waals surface area (Å²) in [6.07, 6.45) is 1.42. The van der Waals surface area contributed by atoms with Gasteiger partial charge in [-0.15, -0.1) is 0 Å². The number of halogens is 2. The maximum atomic E-state index is 13.4. The summed E-state index contributed by atoms with van der Waals surface area (Å²) in [5.41, 5.74) is 6.65. The molecule has 2 N–H and O–H groups in total. The van der Waals surface area contributed by atoms with Gasteiger partial charge >= 0.3 is 5.91 Å². The first-order valence-corrected chi connectivity index (χ1v) is 14.9. The Bertz CT molecular complexity index is 1860. The van der Waals surface area contributed by atoms with E-state index >= 15 is 0 Å². The van der Waals surface area contributed by atoms with E-state index in [9.17, 15) is 14.0 Å². The Morgan fingerprint density at radius 1 is 0.978 bits per heavy atom. The maximum Gasteiger partial charge on any atom is 0.307 e. The number of hydrogen-bond donors (Lipinski definition) is 2. The zero-order valence-electron chi connectivity index (χ0n) is 25.2. The lowest BCUT2D eigenvalue weighted by atomic mass is 10.2. The summed E-state index contributed by atoms with van der Waals surface area (Å²) in [5.74, 6) is 0.335. The van der Waals surface area contributed by atoms with Crippen LogP contribution in [0.15, 0.2) is 98.9 Å². The van der Waals surface area contributed by atoms with Gasteiger partial charge in [0.1, 0.15) is 23.9 Å². The van der Waals surface area contributed by atoms with Crippen molar-refractivity contribution in [1.82, 2.24) is 9.99 Å². The van der Waals surface area contributed by atoms with Crippen LogP contribution in [-0.4, -0.2) is 36.3 Å². The first kappa shape index (κ1) is 32.0. The van der Waals surface area contributed by atoms with Crippen LogP contribution in [0.5, 0.6) is 17.2 Å². The van der Waals surface area contributed by atoms with E-state index in [2.05, 4.69) is 62.3 Å². The van der Waals surface area contributed by atoms with Crippen molar-refractivity contribution < 1.29 is 32.6 Å². The molecule has 0 aliphatic heterocycles. The summed E-state index contributed by atoms with van der Waals surface area (Å²) < 4.78 is 38.5. The van der Waals surface area contributed by atoms with Crippen molar-refractivity contribution in [2.24, 2.45) is 5.10 Å². The molecule has 0 spiro atoms. The lowest BCUT2D eigenvalue weighted by Gasteiger charge is -2.13. The summed E-state index contributed by atoms with van der Waals surface area (Å²) in [6, 6.07) is 23.9. The molecule has 0 saturated heterocycles. The number of carbonyl (C=O) groups is 2. The van der Waals surface area contributed by atoms with Crippen molar-refractivity contribution >= 4 is 39.6 Å². The summed E-state index contributed by atoms with van der Waals surface area (Å²) in [7, 11) is 1.45. The number of nitrogens with one attached hydrogen (secondary N) is 2. The molecule has 12 heteroatoms. The normalized spacial score (nSPS) is 11.0. The summed E-state index contributed by atoms with van der Waals surface area (Å²) in [6.45, 7) is 3.92. The highest BCUT2D eigenvalue weighted by molar-refractivity contribution is 9.10. The van der Waals surface area contributed by atoms with Gasteiger partial charge in [-0.25, -0.2) is 9.82 Å². The molecule has 0 unspecified atom stereocenters. The van der Waals surface area contributed by atoms with E-state index < -0.39 is 17.6 Å². The number of anilines is 1. The lowest BCUT2D eigenvalue weighted by Crippen LogP contribution is -2.20. The average molecular weight is 690 g/mol. The van der Waals surface area contributed by atoms with Gasteiger partial charge in [-0.05, 0) is 114 Å². The van der Waals surface area contributed by atoms with Gasteiger partial charge in [-0.1, -0.05) is 6.07 Å². The van der Waals surface area contributed by atoms with Gasteiger partial charge in [0.25, 0.3) is 5.91 Å². The lowest BCUT2D eigenvalue weighted by molar-refractivity contribution is -0.118. The van der Waals surface area contributed by atoms with Gasteiger partial charge in [0.05, 0.1) is 17.8 Å². The molecule has 2 aromatic heterocycles. The van der Waals surface area contributed by atoms with E-state index in [1.807, 2.05) is 24.3 Å². The highest BCUT2D eigenvalue weighted by Gasteiger charge is 2.15.